The van der Waals surface area contributed by atoms with Gasteiger partial charge in [-0.2, -0.15) is 0 Å². The van der Waals surface area contributed by atoms with Gasteiger partial charge in [0.25, 0.3) is 0 Å². The molecule has 2 aromatic heterocycles. The van der Waals surface area contributed by atoms with Crippen molar-refractivity contribution in [2.45, 2.75) is 0 Å². The second-order valence-corrected chi connectivity index (χ2v) is 7.22. The minimum absolute atomic E-state index is 0.0730. The number of nitrogens with one attached hydrogen (secondary N) is 2. The summed E-state index contributed by atoms with van der Waals surface area (Å²) in [7, 11) is 1.85. The van der Waals surface area contributed by atoms with Crippen LogP contribution in [0.2, 0.25) is 0 Å². The Balaban J connectivity index is 1.51. The highest BCUT2D eigenvalue weighted by molar-refractivity contribution is 5.99. The summed E-state index contributed by atoms with van der Waals surface area (Å²) in [4.78, 5) is 20.8. The molecule has 2 aromatic carbocycles. The van der Waals surface area contributed by atoms with E-state index < -0.39 is 17.7 Å². The smallest absolute Gasteiger partial charge is 0.323 e. The van der Waals surface area contributed by atoms with E-state index in [2.05, 4.69) is 20.6 Å². The third-order valence-electron chi connectivity index (χ3n) is 4.65. The Labute approximate surface area is 193 Å². The van der Waals surface area contributed by atoms with Crippen LogP contribution in [-0.2, 0) is 7.05 Å². The average Bonchev–Trinajstić information content (AvgIpc) is 3.24. The zero-order valence-electron chi connectivity index (χ0n) is 18.0. The van der Waals surface area contributed by atoms with Crippen molar-refractivity contribution in [1.29, 1.82) is 0 Å². The average molecular weight is 462 g/mol. The second-order valence-electron chi connectivity index (χ2n) is 7.22. The molecule has 0 unspecified atom stereocenters. The van der Waals surface area contributed by atoms with Gasteiger partial charge in [0.05, 0.1) is 12.0 Å². The van der Waals surface area contributed by atoms with Gasteiger partial charge in [-0.1, -0.05) is 0 Å². The van der Waals surface area contributed by atoms with E-state index in [-0.39, 0.29) is 17.2 Å². The first-order valence-electron chi connectivity index (χ1n) is 10.1. The molecule has 2 amide bonds. The molecule has 0 atom stereocenters. The number of ether oxygens (including phenoxy) is 1. The van der Waals surface area contributed by atoms with E-state index in [1.165, 1.54) is 48.7 Å². The molecular formula is C24H20F2N6O2. The van der Waals surface area contributed by atoms with E-state index in [1.54, 1.807) is 23.2 Å². The molecule has 34 heavy (non-hydrogen) atoms. The maximum atomic E-state index is 14.8. The van der Waals surface area contributed by atoms with Crippen molar-refractivity contribution in [2.75, 3.05) is 10.6 Å². The number of rotatable bonds is 6. The minimum Gasteiger partial charge on any atom is -0.452 e. The number of carbonyl (C=O) groups is 1. The molecule has 0 aliphatic carbocycles. The molecule has 0 radical (unpaired) electrons. The molecule has 0 fully saturated rings. The number of urea groups is 1. The molecule has 0 aliphatic rings. The van der Waals surface area contributed by atoms with Crippen molar-refractivity contribution in [3.05, 3.63) is 90.8 Å². The third kappa shape index (κ3) is 5.36. The van der Waals surface area contributed by atoms with E-state index in [1.807, 2.05) is 13.2 Å². The van der Waals surface area contributed by atoms with Crippen molar-refractivity contribution in [1.82, 2.24) is 14.5 Å². The predicted molar refractivity (Wildman–Crippen MR) is 125 cm³/mol. The summed E-state index contributed by atoms with van der Waals surface area (Å²) in [5.74, 6) is -0.922. The third-order valence-corrected chi connectivity index (χ3v) is 4.65. The van der Waals surface area contributed by atoms with Crippen LogP contribution in [0.15, 0.2) is 73.5 Å². The van der Waals surface area contributed by atoms with Gasteiger partial charge in [0.15, 0.2) is 17.3 Å². The summed E-state index contributed by atoms with van der Waals surface area (Å²) in [5, 5.41) is 5.04. The number of pyridine rings is 1. The van der Waals surface area contributed by atoms with Gasteiger partial charge in [-0.05, 0) is 54.7 Å². The number of hydrogen-bond donors (Lipinski definition) is 3. The summed E-state index contributed by atoms with van der Waals surface area (Å²) in [5.41, 5.74) is 7.86. The van der Waals surface area contributed by atoms with Crippen LogP contribution in [0.1, 0.15) is 5.69 Å². The lowest BCUT2D eigenvalue weighted by Gasteiger charge is -2.12. The van der Waals surface area contributed by atoms with Gasteiger partial charge < -0.3 is 25.7 Å². The predicted octanol–water partition coefficient (Wildman–Crippen LogP) is 5.13. The first-order chi connectivity index (χ1) is 16.4. The van der Waals surface area contributed by atoms with Gasteiger partial charge in [-0.25, -0.2) is 18.6 Å². The highest BCUT2D eigenvalue weighted by Crippen LogP contribution is 2.32. The molecule has 4 aromatic rings. The zero-order chi connectivity index (χ0) is 24.1. The lowest BCUT2D eigenvalue weighted by molar-refractivity contribution is 0.262. The maximum absolute atomic E-state index is 14.8. The number of aromatic nitrogens is 3. The molecular weight excluding hydrogens is 442 g/mol. The Hall–Kier alpha value is -4.73. The molecule has 0 aliphatic heterocycles. The molecule has 8 nitrogen and oxygen atoms in total. The second kappa shape index (κ2) is 9.82. The molecule has 172 valence electrons. The summed E-state index contributed by atoms with van der Waals surface area (Å²) in [6.45, 7) is 0. The Kier molecular flexibility index (Phi) is 6.49. The van der Waals surface area contributed by atoms with Crippen molar-refractivity contribution in [3.63, 3.8) is 0 Å². The Bertz CT molecular complexity index is 1350. The van der Waals surface area contributed by atoms with Crippen molar-refractivity contribution >= 4 is 23.5 Å². The normalized spacial score (nSPS) is 10.9. The SMILES string of the molecule is Cn1cnc(-c2cnc(C=CN)c(Oc3ccc(NC(=O)Nc4ccc(F)cc4)cc3F)c2)c1. The fourth-order valence-electron chi connectivity index (χ4n) is 3.06. The van der Waals surface area contributed by atoms with Crippen LogP contribution in [0.4, 0.5) is 25.0 Å². The van der Waals surface area contributed by atoms with Crippen LogP contribution in [0.3, 0.4) is 0 Å². The number of hydrogen-bond acceptors (Lipinski definition) is 5. The van der Waals surface area contributed by atoms with Crippen molar-refractivity contribution in [3.8, 4) is 22.8 Å². The molecule has 4 N–H and O–H groups in total. The maximum Gasteiger partial charge on any atom is 0.323 e. The molecule has 4 rings (SSSR count). The van der Waals surface area contributed by atoms with Crippen LogP contribution in [0.25, 0.3) is 17.3 Å². The van der Waals surface area contributed by atoms with Crippen molar-refractivity contribution < 1.29 is 18.3 Å². The zero-order valence-corrected chi connectivity index (χ0v) is 18.0. The molecule has 2 heterocycles. The largest absolute Gasteiger partial charge is 0.452 e. The van der Waals surface area contributed by atoms with Crippen LogP contribution < -0.4 is 21.1 Å². The number of imidazole rings is 1. The molecule has 10 heteroatoms. The van der Waals surface area contributed by atoms with Gasteiger partial charge in [0, 0.05) is 42.4 Å². The Morgan fingerprint density at radius 2 is 1.76 bits per heavy atom. The molecule has 0 saturated carbocycles. The van der Waals surface area contributed by atoms with Crippen LogP contribution in [0.5, 0.6) is 11.5 Å². The van der Waals surface area contributed by atoms with Gasteiger partial charge in [-0.3, -0.25) is 4.98 Å². The Morgan fingerprint density at radius 3 is 2.44 bits per heavy atom. The monoisotopic (exact) mass is 462 g/mol. The standard InChI is InChI=1S/C24H20F2N6O2/c1-32-13-21(29-14-32)15-10-23(20(8-9-27)28-12-15)34-22-7-6-18(11-19(22)26)31-24(33)30-17-4-2-16(25)3-5-17/h2-14H,27H2,1H3,(H2,30,31,33). The number of nitrogens with zero attached hydrogens (tertiary/aromatic N) is 3. The lowest BCUT2D eigenvalue weighted by atomic mass is 10.2. The quantitative estimate of drug-likeness (QED) is 0.368. The summed E-state index contributed by atoms with van der Waals surface area (Å²) < 4.78 is 35.4. The first-order valence-corrected chi connectivity index (χ1v) is 10.1. The highest BCUT2D eigenvalue weighted by atomic mass is 19.1. The van der Waals surface area contributed by atoms with E-state index >= 15 is 0 Å². The number of benzene rings is 2. The number of amides is 2. The van der Waals surface area contributed by atoms with E-state index in [9.17, 15) is 13.6 Å². The summed E-state index contributed by atoms with van der Waals surface area (Å²) in [6.07, 6.45) is 7.93. The van der Waals surface area contributed by atoms with Gasteiger partial charge >= 0.3 is 6.03 Å². The number of anilines is 2. The number of nitrogens with two attached hydrogens (primary N) is 1. The molecule has 0 saturated heterocycles. The van der Waals surface area contributed by atoms with E-state index in [4.69, 9.17) is 10.5 Å². The fourth-order valence-corrected chi connectivity index (χ4v) is 3.06. The van der Waals surface area contributed by atoms with Crippen LogP contribution >= 0.6 is 0 Å². The number of halogens is 2. The van der Waals surface area contributed by atoms with Gasteiger partial charge in [0.2, 0.25) is 0 Å². The molecule has 0 spiro atoms. The van der Waals surface area contributed by atoms with E-state index in [0.29, 0.717) is 22.6 Å². The highest BCUT2D eigenvalue weighted by Gasteiger charge is 2.13. The fraction of sp³-hybridized carbons (Fsp3) is 0.0417. The van der Waals surface area contributed by atoms with Gasteiger partial charge in [-0.15, -0.1) is 0 Å². The number of carbonyl (C=O) groups excluding carboxylic acids is 1. The topological polar surface area (TPSA) is 107 Å². The number of aryl methyl sites for hydroxylation is 1. The minimum atomic E-state index is -0.703. The van der Waals surface area contributed by atoms with Crippen LogP contribution in [0, 0.1) is 11.6 Å². The van der Waals surface area contributed by atoms with Crippen molar-refractivity contribution in [2.24, 2.45) is 12.8 Å². The van der Waals surface area contributed by atoms with E-state index in [0.717, 1.165) is 6.07 Å². The molecule has 0 bridgehead atoms. The summed E-state index contributed by atoms with van der Waals surface area (Å²) >= 11 is 0. The Morgan fingerprint density at radius 1 is 1.03 bits per heavy atom. The van der Waals surface area contributed by atoms with Crippen LogP contribution in [-0.4, -0.2) is 20.6 Å². The summed E-state index contributed by atoms with van der Waals surface area (Å²) in [6, 6.07) is 10.3. The lowest BCUT2D eigenvalue weighted by Crippen LogP contribution is -2.19. The first kappa shape index (κ1) is 22.5. The van der Waals surface area contributed by atoms with Gasteiger partial charge in [0.1, 0.15) is 11.5 Å².